The van der Waals surface area contributed by atoms with Crippen molar-refractivity contribution in [2.45, 2.75) is 26.3 Å². The number of nitrogens with one attached hydrogen (secondary N) is 2. The molecule has 172 valence electrons. The summed E-state index contributed by atoms with van der Waals surface area (Å²) in [5, 5.41) is 6.42. The molecule has 1 atom stereocenters. The summed E-state index contributed by atoms with van der Waals surface area (Å²) < 4.78 is 0. The quantitative estimate of drug-likeness (QED) is 0.570. The van der Waals surface area contributed by atoms with Gasteiger partial charge in [0.15, 0.2) is 0 Å². The summed E-state index contributed by atoms with van der Waals surface area (Å²) >= 11 is 12.2. The molecule has 1 saturated heterocycles. The first-order valence-corrected chi connectivity index (χ1v) is 11.7. The summed E-state index contributed by atoms with van der Waals surface area (Å²) in [6, 6.07) is 15.2. The molecule has 6 nitrogen and oxygen atoms in total. The van der Waals surface area contributed by atoms with E-state index >= 15 is 0 Å². The third kappa shape index (κ3) is 7.12. The number of likely N-dealkylation sites (tertiary alicyclic amines) is 1. The summed E-state index contributed by atoms with van der Waals surface area (Å²) in [4.78, 5) is 29.1. The minimum atomic E-state index is -0.344. The van der Waals surface area contributed by atoms with Crippen molar-refractivity contribution < 1.29 is 9.59 Å². The second kappa shape index (κ2) is 12.1. The van der Waals surface area contributed by atoms with E-state index < -0.39 is 0 Å². The highest BCUT2D eigenvalue weighted by molar-refractivity contribution is 6.39. The van der Waals surface area contributed by atoms with E-state index in [0.29, 0.717) is 34.7 Å². The van der Waals surface area contributed by atoms with Gasteiger partial charge in [0.1, 0.15) is 6.54 Å². The Morgan fingerprint density at radius 1 is 1.09 bits per heavy atom. The van der Waals surface area contributed by atoms with Gasteiger partial charge in [-0.15, -0.1) is 0 Å². The highest BCUT2D eigenvalue weighted by atomic mass is 35.5. The number of hydrogen-bond acceptors (Lipinski definition) is 3. The lowest BCUT2D eigenvalue weighted by Crippen LogP contribution is -2.47. The van der Waals surface area contributed by atoms with Crippen LogP contribution in [0.4, 0.5) is 10.5 Å². The van der Waals surface area contributed by atoms with Crippen molar-refractivity contribution in [1.82, 2.24) is 15.1 Å². The second-order valence-corrected chi connectivity index (χ2v) is 8.89. The fourth-order valence-corrected chi connectivity index (χ4v) is 4.44. The van der Waals surface area contributed by atoms with Crippen LogP contribution in [0.5, 0.6) is 0 Å². The number of carbonyl (C=O) groups excluding carboxylic acids is 2. The molecule has 1 heterocycles. The number of anilines is 1. The Labute approximate surface area is 199 Å². The maximum Gasteiger partial charge on any atom is 0.317 e. The van der Waals surface area contributed by atoms with E-state index in [1.165, 1.54) is 10.5 Å². The summed E-state index contributed by atoms with van der Waals surface area (Å²) in [7, 11) is 0. The number of halogens is 2. The topological polar surface area (TPSA) is 64.7 Å². The molecule has 0 bridgehead atoms. The Kier molecular flexibility index (Phi) is 9.21. The number of likely N-dealkylation sites (N-methyl/N-ethyl adjacent to an activating group) is 1. The minimum absolute atomic E-state index is 0.0747. The Balaban J connectivity index is 1.46. The van der Waals surface area contributed by atoms with Crippen molar-refractivity contribution in [3.05, 3.63) is 64.1 Å². The molecule has 0 spiro atoms. The second-order valence-electron chi connectivity index (χ2n) is 8.07. The van der Waals surface area contributed by atoms with Crippen LogP contribution in [0.25, 0.3) is 0 Å². The van der Waals surface area contributed by atoms with Crippen molar-refractivity contribution in [3.63, 3.8) is 0 Å². The van der Waals surface area contributed by atoms with Crippen molar-refractivity contribution in [2.24, 2.45) is 5.92 Å². The molecule has 1 aliphatic heterocycles. The van der Waals surface area contributed by atoms with Crippen LogP contribution in [0.3, 0.4) is 0 Å². The standard InChI is InChI=1S/C24H30Cl2N4O2/c1-2-30(17-22(31)28-23-20(25)11-6-12-21(23)26)24(32)27-14-19-10-7-13-29(16-19)15-18-8-4-3-5-9-18/h3-6,8-9,11-12,19H,2,7,10,13-17H2,1H3,(H,27,32)(H,28,31). The first kappa shape index (κ1) is 24.4. The summed E-state index contributed by atoms with van der Waals surface area (Å²) in [5.74, 6) is 0.0505. The monoisotopic (exact) mass is 476 g/mol. The molecule has 1 fully saturated rings. The average Bonchev–Trinajstić information content (AvgIpc) is 2.79. The number of piperidine rings is 1. The minimum Gasteiger partial charge on any atom is -0.338 e. The van der Waals surface area contributed by atoms with Crippen LogP contribution < -0.4 is 10.6 Å². The maximum absolute atomic E-state index is 12.7. The van der Waals surface area contributed by atoms with Crippen LogP contribution in [0.1, 0.15) is 25.3 Å². The van der Waals surface area contributed by atoms with Crippen LogP contribution in [0.2, 0.25) is 10.0 Å². The molecule has 3 rings (SSSR count). The molecule has 2 aromatic rings. The van der Waals surface area contributed by atoms with E-state index in [-0.39, 0.29) is 18.5 Å². The first-order valence-electron chi connectivity index (χ1n) is 11.0. The van der Waals surface area contributed by atoms with E-state index in [1.54, 1.807) is 18.2 Å². The zero-order valence-corrected chi connectivity index (χ0v) is 19.8. The molecule has 0 radical (unpaired) electrons. The lowest BCUT2D eigenvalue weighted by molar-refractivity contribution is -0.116. The van der Waals surface area contributed by atoms with Gasteiger partial charge in [0.25, 0.3) is 0 Å². The van der Waals surface area contributed by atoms with E-state index in [2.05, 4.69) is 39.8 Å². The van der Waals surface area contributed by atoms with Gasteiger partial charge in [0, 0.05) is 26.2 Å². The molecule has 2 N–H and O–H groups in total. The van der Waals surface area contributed by atoms with E-state index in [9.17, 15) is 9.59 Å². The lowest BCUT2D eigenvalue weighted by Gasteiger charge is -2.33. The number of carbonyl (C=O) groups is 2. The lowest BCUT2D eigenvalue weighted by atomic mass is 9.97. The molecule has 0 aliphatic carbocycles. The van der Waals surface area contributed by atoms with Crippen LogP contribution in [-0.4, -0.2) is 54.5 Å². The van der Waals surface area contributed by atoms with Gasteiger partial charge in [-0.3, -0.25) is 9.69 Å². The number of amides is 3. The molecule has 2 aromatic carbocycles. The van der Waals surface area contributed by atoms with Gasteiger partial charge in [-0.25, -0.2) is 4.79 Å². The third-order valence-electron chi connectivity index (χ3n) is 5.62. The maximum atomic E-state index is 12.7. The Hall–Kier alpha value is -2.28. The summed E-state index contributed by atoms with van der Waals surface area (Å²) in [5.41, 5.74) is 1.66. The predicted molar refractivity (Wildman–Crippen MR) is 130 cm³/mol. The van der Waals surface area contributed by atoms with Crippen molar-refractivity contribution in [2.75, 3.05) is 38.0 Å². The van der Waals surface area contributed by atoms with Crippen molar-refractivity contribution in [1.29, 1.82) is 0 Å². The molecule has 1 aliphatic rings. The Morgan fingerprint density at radius 2 is 1.81 bits per heavy atom. The number of nitrogens with zero attached hydrogens (tertiary/aromatic N) is 2. The fourth-order valence-electron chi connectivity index (χ4n) is 3.94. The average molecular weight is 477 g/mol. The Morgan fingerprint density at radius 3 is 2.50 bits per heavy atom. The van der Waals surface area contributed by atoms with Crippen LogP contribution in [0, 0.1) is 5.92 Å². The van der Waals surface area contributed by atoms with Gasteiger partial charge in [-0.1, -0.05) is 59.6 Å². The molecule has 0 saturated carbocycles. The van der Waals surface area contributed by atoms with Gasteiger partial charge in [-0.05, 0) is 49.9 Å². The van der Waals surface area contributed by atoms with Crippen molar-refractivity contribution in [3.8, 4) is 0 Å². The number of benzene rings is 2. The van der Waals surface area contributed by atoms with Gasteiger partial charge < -0.3 is 15.5 Å². The highest BCUT2D eigenvalue weighted by Crippen LogP contribution is 2.29. The Bertz CT molecular complexity index is 890. The van der Waals surface area contributed by atoms with Gasteiger partial charge in [0.05, 0.1) is 15.7 Å². The molecule has 3 amide bonds. The largest absolute Gasteiger partial charge is 0.338 e. The number of urea groups is 1. The molecular formula is C24H30Cl2N4O2. The SMILES string of the molecule is CCN(CC(=O)Nc1c(Cl)cccc1Cl)C(=O)NCC1CCCN(Cc2ccccc2)C1. The van der Waals surface area contributed by atoms with E-state index in [1.807, 2.05) is 13.0 Å². The third-order valence-corrected chi connectivity index (χ3v) is 6.25. The van der Waals surface area contributed by atoms with Gasteiger partial charge >= 0.3 is 6.03 Å². The van der Waals surface area contributed by atoms with E-state index in [4.69, 9.17) is 23.2 Å². The fraction of sp³-hybridized carbons (Fsp3) is 0.417. The smallest absolute Gasteiger partial charge is 0.317 e. The summed E-state index contributed by atoms with van der Waals surface area (Å²) in [6.45, 7) is 5.74. The highest BCUT2D eigenvalue weighted by Gasteiger charge is 2.22. The number of para-hydroxylation sites is 1. The van der Waals surface area contributed by atoms with Gasteiger partial charge in [-0.2, -0.15) is 0 Å². The molecule has 32 heavy (non-hydrogen) atoms. The van der Waals surface area contributed by atoms with Gasteiger partial charge in [0.2, 0.25) is 5.91 Å². The van der Waals surface area contributed by atoms with Crippen LogP contribution >= 0.6 is 23.2 Å². The predicted octanol–water partition coefficient (Wildman–Crippen LogP) is 4.88. The van der Waals surface area contributed by atoms with E-state index in [0.717, 1.165) is 32.5 Å². The van der Waals surface area contributed by atoms with Crippen LogP contribution in [-0.2, 0) is 11.3 Å². The molecule has 8 heteroatoms. The number of rotatable bonds is 8. The zero-order valence-electron chi connectivity index (χ0n) is 18.3. The molecular weight excluding hydrogens is 447 g/mol. The zero-order chi connectivity index (χ0) is 22.9. The molecule has 1 unspecified atom stereocenters. The number of hydrogen-bond donors (Lipinski definition) is 2. The normalized spacial score (nSPS) is 16.4. The summed E-state index contributed by atoms with van der Waals surface area (Å²) in [6.07, 6.45) is 2.20. The molecule has 0 aromatic heterocycles. The first-order chi connectivity index (χ1) is 15.5. The van der Waals surface area contributed by atoms with Crippen molar-refractivity contribution >= 4 is 40.8 Å². The van der Waals surface area contributed by atoms with Crippen LogP contribution in [0.15, 0.2) is 48.5 Å².